The quantitative estimate of drug-likeness (QED) is 0.475. The summed E-state index contributed by atoms with van der Waals surface area (Å²) < 4.78 is 7.64. The fourth-order valence-corrected chi connectivity index (χ4v) is 3.50. The Morgan fingerprint density at radius 2 is 1.69 bits per heavy atom. The number of carboxylic acids is 1. The molecule has 29 heavy (non-hydrogen) atoms. The van der Waals surface area contributed by atoms with Crippen molar-refractivity contribution in [2.75, 3.05) is 6.61 Å². The minimum atomic E-state index is -0.912. The van der Waals surface area contributed by atoms with Crippen molar-refractivity contribution in [2.45, 2.75) is 40.2 Å². The number of carboxylic acid groups (broad SMARTS) is 1. The zero-order valence-corrected chi connectivity index (χ0v) is 17.8. The Labute approximate surface area is 176 Å². The van der Waals surface area contributed by atoms with Crippen molar-refractivity contribution < 1.29 is 14.6 Å². The molecule has 1 aromatic heterocycles. The standard InChI is InChI=1S/C24H26ClNO3/c1-16-5-7-19(8-6-16)13-20-14-22(24(27)28)26(15-20)9-4-10-29-21-11-17(2)23(25)18(3)12-21/h5-8,11-12,14-15H,4,9-10,13H2,1-3H3,(H,27,28). The average Bonchev–Trinajstić information content (AvgIpc) is 3.08. The van der Waals surface area contributed by atoms with Crippen molar-refractivity contribution in [3.8, 4) is 5.75 Å². The van der Waals surface area contributed by atoms with Crippen molar-refractivity contribution in [2.24, 2.45) is 0 Å². The number of rotatable bonds is 8. The number of aryl methyl sites for hydroxylation is 4. The van der Waals surface area contributed by atoms with Gasteiger partial charge < -0.3 is 14.4 Å². The molecule has 5 heteroatoms. The van der Waals surface area contributed by atoms with E-state index in [1.165, 1.54) is 11.1 Å². The number of hydrogen-bond donors (Lipinski definition) is 1. The maximum atomic E-state index is 11.6. The van der Waals surface area contributed by atoms with Gasteiger partial charge >= 0.3 is 5.97 Å². The highest BCUT2D eigenvalue weighted by Crippen LogP contribution is 2.26. The number of hydrogen-bond acceptors (Lipinski definition) is 2. The summed E-state index contributed by atoms with van der Waals surface area (Å²) in [5.74, 6) is -0.125. The highest BCUT2D eigenvalue weighted by atomic mass is 35.5. The Kier molecular flexibility index (Phi) is 6.65. The SMILES string of the molecule is Cc1ccc(Cc2cc(C(=O)O)n(CCCOc3cc(C)c(Cl)c(C)c3)c2)cc1. The number of halogens is 1. The van der Waals surface area contributed by atoms with E-state index in [9.17, 15) is 9.90 Å². The second-order valence-corrected chi connectivity index (χ2v) is 7.85. The van der Waals surface area contributed by atoms with Crippen LogP contribution in [-0.2, 0) is 13.0 Å². The molecule has 1 heterocycles. The summed E-state index contributed by atoms with van der Waals surface area (Å²) in [6, 6.07) is 13.9. The number of aromatic carboxylic acids is 1. The van der Waals surface area contributed by atoms with Crippen LogP contribution in [0.4, 0.5) is 0 Å². The molecule has 0 aliphatic heterocycles. The fourth-order valence-electron chi connectivity index (χ4n) is 3.39. The third-order valence-corrected chi connectivity index (χ3v) is 5.52. The van der Waals surface area contributed by atoms with Crippen LogP contribution < -0.4 is 4.74 Å². The lowest BCUT2D eigenvalue weighted by Crippen LogP contribution is -2.10. The van der Waals surface area contributed by atoms with Crippen LogP contribution in [0, 0.1) is 20.8 Å². The fraction of sp³-hybridized carbons (Fsp3) is 0.292. The number of aromatic nitrogens is 1. The average molecular weight is 412 g/mol. The molecule has 3 rings (SSSR count). The van der Waals surface area contributed by atoms with E-state index in [-0.39, 0.29) is 0 Å². The van der Waals surface area contributed by atoms with Gasteiger partial charge in [0.05, 0.1) is 6.61 Å². The maximum Gasteiger partial charge on any atom is 0.352 e. The van der Waals surface area contributed by atoms with Gasteiger partial charge in [-0.2, -0.15) is 0 Å². The minimum absolute atomic E-state index is 0.310. The Morgan fingerprint density at radius 1 is 1.03 bits per heavy atom. The van der Waals surface area contributed by atoms with Gasteiger partial charge in [-0.1, -0.05) is 41.4 Å². The van der Waals surface area contributed by atoms with Gasteiger partial charge in [0, 0.05) is 17.8 Å². The van der Waals surface area contributed by atoms with E-state index in [1.807, 2.05) is 32.2 Å². The molecule has 0 unspecified atom stereocenters. The van der Waals surface area contributed by atoms with Gasteiger partial charge in [-0.15, -0.1) is 0 Å². The lowest BCUT2D eigenvalue weighted by Gasteiger charge is -2.11. The van der Waals surface area contributed by atoms with Crippen LogP contribution >= 0.6 is 11.6 Å². The van der Waals surface area contributed by atoms with E-state index in [0.29, 0.717) is 31.7 Å². The maximum absolute atomic E-state index is 11.6. The van der Waals surface area contributed by atoms with Crippen LogP contribution in [0.1, 0.15) is 44.7 Å². The smallest absolute Gasteiger partial charge is 0.352 e. The highest BCUT2D eigenvalue weighted by molar-refractivity contribution is 6.32. The van der Waals surface area contributed by atoms with Gasteiger partial charge in [0.15, 0.2) is 0 Å². The number of carbonyl (C=O) groups is 1. The summed E-state index contributed by atoms with van der Waals surface area (Å²) >= 11 is 6.19. The molecule has 2 aromatic carbocycles. The molecule has 0 aliphatic carbocycles. The molecule has 0 saturated heterocycles. The van der Waals surface area contributed by atoms with Crippen LogP contribution in [0.15, 0.2) is 48.7 Å². The van der Waals surface area contributed by atoms with Gasteiger partial charge in [0.1, 0.15) is 11.4 Å². The van der Waals surface area contributed by atoms with Crippen LogP contribution in [0.3, 0.4) is 0 Å². The molecule has 1 N–H and O–H groups in total. The lowest BCUT2D eigenvalue weighted by molar-refractivity contribution is 0.0684. The minimum Gasteiger partial charge on any atom is -0.494 e. The molecule has 4 nitrogen and oxygen atoms in total. The van der Waals surface area contributed by atoms with Crippen molar-refractivity contribution in [3.05, 3.63) is 87.2 Å². The van der Waals surface area contributed by atoms with Gasteiger partial charge in [-0.25, -0.2) is 4.79 Å². The molecule has 0 radical (unpaired) electrons. The molecule has 0 saturated carbocycles. The van der Waals surface area contributed by atoms with Crippen LogP contribution in [0.25, 0.3) is 0 Å². The first-order chi connectivity index (χ1) is 13.8. The molecule has 0 bridgehead atoms. The van der Waals surface area contributed by atoms with Gasteiger partial charge in [-0.3, -0.25) is 0 Å². The van der Waals surface area contributed by atoms with Gasteiger partial charge in [0.25, 0.3) is 0 Å². The van der Waals surface area contributed by atoms with Crippen molar-refractivity contribution in [1.82, 2.24) is 4.57 Å². The van der Waals surface area contributed by atoms with Crippen LogP contribution in [0.2, 0.25) is 5.02 Å². The van der Waals surface area contributed by atoms with Gasteiger partial charge in [-0.05, 0) is 74.1 Å². The second kappa shape index (κ2) is 9.19. The monoisotopic (exact) mass is 411 g/mol. The number of ether oxygens (including phenoxy) is 1. The van der Waals surface area contributed by atoms with E-state index in [4.69, 9.17) is 16.3 Å². The van der Waals surface area contributed by atoms with Crippen molar-refractivity contribution in [1.29, 1.82) is 0 Å². The molecule has 3 aromatic rings. The van der Waals surface area contributed by atoms with E-state index in [1.54, 1.807) is 10.6 Å². The molecule has 0 amide bonds. The summed E-state index contributed by atoms with van der Waals surface area (Å²) in [4.78, 5) is 11.6. The Balaban J connectivity index is 1.62. The summed E-state index contributed by atoms with van der Waals surface area (Å²) in [5.41, 5.74) is 5.66. The summed E-state index contributed by atoms with van der Waals surface area (Å²) in [6.07, 6.45) is 3.35. The zero-order valence-electron chi connectivity index (χ0n) is 17.0. The van der Waals surface area contributed by atoms with E-state index >= 15 is 0 Å². The Bertz CT molecular complexity index is 982. The summed E-state index contributed by atoms with van der Waals surface area (Å²) in [5, 5.41) is 10.3. The predicted octanol–water partition coefficient (Wildman–Crippen LogP) is 5.82. The molecule has 0 atom stereocenters. The third-order valence-electron chi connectivity index (χ3n) is 4.92. The first-order valence-corrected chi connectivity index (χ1v) is 10.1. The van der Waals surface area contributed by atoms with E-state index in [2.05, 4.69) is 31.2 Å². The molecular formula is C24H26ClNO3. The molecular weight excluding hydrogens is 386 g/mol. The lowest BCUT2D eigenvalue weighted by atomic mass is 10.1. The summed E-state index contributed by atoms with van der Waals surface area (Å²) in [6.45, 7) is 7.05. The third kappa shape index (κ3) is 5.42. The summed E-state index contributed by atoms with van der Waals surface area (Å²) in [7, 11) is 0. The number of benzene rings is 2. The first kappa shape index (κ1) is 21.0. The molecule has 152 valence electrons. The zero-order chi connectivity index (χ0) is 21.0. The van der Waals surface area contributed by atoms with Crippen LogP contribution in [0.5, 0.6) is 5.75 Å². The highest BCUT2D eigenvalue weighted by Gasteiger charge is 2.13. The van der Waals surface area contributed by atoms with E-state index in [0.717, 1.165) is 27.5 Å². The Hall–Kier alpha value is -2.72. The van der Waals surface area contributed by atoms with Crippen molar-refractivity contribution in [3.63, 3.8) is 0 Å². The largest absolute Gasteiger partial charge is 0.494 e. The molecule has 0 spiro atoms. The predicted molar refractivity (Wildman–Crippen MR) is 116 cm³/mol. The van der Waals surface area contributed by atoms with E-state index < -0.39 is 5.97 Å². The number of nitrogens with zero attached hydrogens (tertiary/aromatic N) is 1. The van der Waals surface area contributed by atoms with Gasteiger partial charge in [0.2, 0.25) is 0 Å². The second-order valence-electron chi connectivity index (χ2n) is 7.47. The Morgan fingerprint density at radius 3 is 2.31 bits per heavy atom. The topological polar surface area (TPSA) is 51.5 Å². The first-order valence-electron chi connectivity index (χ1n) is 9.71. The van der Waals surface area contributed by atoms with Crippen LogP contribution in [-0.4, -0.2) is 22.2 Å². The normalized spacial score (nSPS) is 10.9. The van der Waals surface area contributed by atoms with Crippen molar-refractivity contribution >= 4 is 17.6 Å². The molecule has 0 fully saturated rings. The molecule has 0 aliphatic rings.